The fraction of sp³-hybridized carbons (Fsp3) is 0.769. The summed E-state index contributed by atoms with van der Waals surface area (Å²) < 4.78 is 7.21. The summed E-state index contributed by atoms with van der Waals surface area (Å²) in [5, 5.41) is 15.7. The van der Waals surface area contributed by atoms with Crippen molar-refractivity contribution in [3.63, 3.8) is 0 Å². The third-order valence-corrected chi connectivity index (χ3v) is 3.97. The van der Waals surface area contributed by atoms with Crippen molar-refractivity contribution in [3.05, 3.63) is 16.9 Å². The highest BCUT2D eigenvalue weighted by molar-refractivity contribution is 6.31. The van der Waals surface area contributed by atoms with Gasteiger partial charge in [-0.3, -0.25) is 4.68 Å². The van der Waals surface area contributed by atoms with Crippen LogP contribution < -0.4 is 0 Å². The molecule has 1 fully saturated rings. The van der Waals surface area contributed by atoms with Crippen LogP contribution in [0, 0.1) is 0 Å². The van der Waals surface area contributed by atoms with Crippen molar-refractivity contribution in [2.45, 2.75) is 57.3 Å². The van der Waals surface area contributed by atoms with Crippen molar-refractivity contribution >= 4 is 11.6 Å². The Balaban J connectivity index is 2.37. The largest absolute Gasteiger partial charge is 0.383 e. The Kier molecular flexibility index (Phi) is 3.99. The Morgan fingerprint density at radius 1 is 1.61 bits per heavy atom. The molecule has 1 aliphatic carbocycles. The summed E-state index contributed by atoms with van der Waals surface area (Å²) >= 11 is 6.22. The van der Waals surface area contributed by atoms with E-state index in [0.29, 0.717) is 17.9 Å². The molecule has 1 saturated carbocycles. The average Bonchev–Trinajstić information content (AvgIpc) is 2.72. The maximum Gasteiger partial charge on any atom is 0.110 e. The highest BCUT2D eigenvalue weighted by Gasteiger charge is 2.40. The van der Waals surface area contributed by atoms with Gasteiger partial charge in [-0.15, -0.1) is 0 Å². The number of rotatable bonds is 3. The third-order valence-electron chi connectivity index (χ3n) is 3.70. The molecule has 18 heavy (non-hydrogen) atoms. The van der Waals surface area contributed by atoms with Crippen LogP contribution in [0.15, 0.2) is 6.20 Å². The van der Waals surface area contributed by atoms with Gasteiger partial charge in [-0.1, -0.05) is 11.6 Å². The van der Waals surface area contributed by atoms with Crippen LogP contribution in [-0.4, -0.2) is 28.1 Å². The molecular formula is C13H21ClN2O2. The summed E-state index contributed by atoms with van der Waals surface area (Å²) in [5.74, 6) is 0. The summed E-state index contributed by atoms with van der Waals surface area (Å²) in [4.78, 5) is 0. The lowest BCUT2D eigenvalue weighted by atomic mass is 9.80. The molecule has 102 valence electrons. The van der Waals surface area contributed by atoms with E-state index < -0.39 is 5.60 Å². The van der Waals surface area contributed by atoms with Gasteiger partial charge in [-0.2, -0.15) is 5.10 Å². The Labute approximate surface area is 113 Å². The lowest BCUT2D eigenvalue weighted by Crippen LogP contribution is -2.38. The van der Waals surface area contributed by atoms with E-state index in [1.165, 1.54) is 0 Å². The molecule has 5 heteroatoms. The quantitative estimate of drug-likeness (QED) is 0.920. The molecule has 0 amide bonds. The van der Waals surface area contributed by atoms with Gasteiger partial charge in [0.25, 0.3) is 0 Å². The molecule has 1 aromatic rings. The highest BCUT2D eigenvalue weighted by Crippen LogP contribution is 2.41. The molecule has 0 aromatic carbocycles. The Morgan fingerprint density at radius 3 is 2.94 bits per heavy atom. The number of ether oxygens (including phenoxy) is 1. The lowest BCUT2D eigenvalue weighted by Gasteiger charge is -2.37. The minimum absolute atomic E-state index is 0.0929. The van der Waals surface area contributed by atoms with E-state index >= 15 is 0 Å². The average molecular weight is 273 g/mol. The van der Waals surface area contributed by atoms with Crippen molar-refractivity contribution in [1.29, 1.82) is 0 Å². The molecular weight excluding hydrogens is 252 g/mol. The van der Waals surface area contributed by atoms with Crippen LogP contribution >= 0.6 is 11.6 Å². The first kappa shape index (κ1) is 13.8. The van der Waals surface area contributed by atoms with E-state index in [0.717, 1.165) is 18.5 Å². The first-order chi connectivity index (χ1) is 8.48. The molecule has 2 atom stereocenters. The summed E-state index contributed by atoms with van der Waals surface area (Å²) in [6, 6.07) is 0.180. The molecule has 0 aliphatic heterocycles. The van der Waals surface area contributed by atoms with Crippen LogP contribution in [0.25, 0.3) is 0 Å². The highest BCUT2D eigenvalue weighted by atomic mass is 35.5. The molecule has 0 radical (unpaired) electrons. The standard InChI is InChI=1S/C13H21ClN2O2/c1-9(2)16-12(11(14)8-15-16)13(17)6-4-5-10(7-13)18-3/h8-10,17H,4-7H2,1-3H3. The van der Waals surface area contributed by atoms with Crippen LogP contribution in [-0.2, 0) is 10.3 Å². The smallest absolute Gasteiger partial charge is 0.110 e. The number of aromatic nitrogens is 2. The van der Waals surface area contributed by atoms with Crippen LogP contribution in [0.3, 0.4) is 0 Å². The van der Waals surface area contributed by atoms with E-state index in [2.05, 4.69) is 5.10 Å². The van der Waals surface area contributed by atoms with Crippen LogP contribution in [0.4, 0.5) is 0 Å². The molecule has 0 spiro atoms. The fourth-order valence-corrected chi connectivity index (χ4v) is 3.09. The van der Waals surface area contributed by atoms with Gasteiger partial charge >= 0.3 is 0 Å². The zero-order chi connectivity index (χ0) is 13.3. The number of hydrogen-bond acceptors (Lipinski definition) is 3. The maximum atomic E-state index is 10.9. The zero-order valence-corrected chi connectivity index (χ0v) is 11.9. The summed E-state index contributed by atoms with van der Waals surface area (Å²) in [6.45, 7) is 4.07. The molecule has 0 saturated heterocycles. The van der Waals surface area contributed by atoms with Gasteiger partial charge in [0, 0.05) is 19.6 Å². The third kappa shape index (κ3) is 2.42. The van der Waals surface area contributed by atoms with Gasteiger partial charge in [0.2, 0.25) is 0 Å². The minimum Gasteiger partial charge on any atom is -0.383 e. The van der Waals surface area contributed by atoms with Gasteiger partial charge < -0.3 is 9.84 Å². The number of aliphatic hydroxyl groups is 1. The van der Waals surface area contributed by atoms with E-state index in [-0.39, 0.29) is 12.1 Å². The van der Waals surface area contributed by atoms with E-state index in [1.54, 1.807) is 13.3 Å². The summed E-state index contributed by atoms with van der Waals surface area (Å²) in [7, 11) is 1.69. The fourth-order valence-electron chi connectivity index (χ4n) is 2.79. The normalized spacial score (nSPS) is 28.9. The maximum absolute atomic E-state index is 10.9. The Morgan fingerprint density at radius 2 is 2.33 bits per heavy atom. The number of hydrogen-bond donors (Lipinski definition) is 1. The van der Waals surface area contributed by atoms with Gasteiger partial charge in [-0.25, -0.2) is 0 Å². The molecule has 2 rings (SSSR count). The van der Waals surface area contributed by atoms with Crippen molar-refractivity contribution in [2.24, 2.45) is 0 Å². The lowest BCUT2D eigenvalue weighted by molar-refractivity contribution is -0.0685. The van der Waals surface area contributed by atoms with Gasteiger partial charge in [0.1, 0.15) is 5.60 Å². The SMILES string of the molecule is COC1CCCC(O)(c2c(Cl)cnn2C(C)C)C1. The van der Waals surface area contributed by atoms with Crippen molar-refractivity contribution in [1.82, 2.24) is 9.78 Å². The van der Waals surface area contributed by atoms with Gasteiger partial charge in [-0.05, 0) is 33.1 Å². The van der Waals surface area contributed by atoms with E-state index in [4.69, 9.17) is 16.3 Å². The Hall–Kier alpha value is -0.580. The van der Waals surface area contributed by atoms with Crippen LogP contribution in [0.2, 0.25) is 5.02 Å². The molecule has 1 N–H and O–H groups in total. The first-order valence-electron chi connectivity index (χ1n) is 6.46. The topological polar surface area (TPSA) is 47.3 Å². The van der Waals surface area contributed by atoms with Crippen molar-refractivity contribution in [3.8, 4) is 0 Å². The second-order valence-electron chi connectivity index (χ2n) is 5.37. The van der Waals surface area contributed by atoms with Crippen molar-refractivity contribution in [2.75, 3.05) is 7.11 Å². The summed E-state index contributed by atoms with van der Waals surface area (Å²) in [5.41, 5.74) is -0.183. The van der Waals surface area contributed by atoms with Crippen molar-refractivity contribution < 1.29 is 9.84 Å². The van der Waals surface area contributed by atoms with Gasteiger partial charge in [0.15, 0.2) is 0 Å². The monoisotopic (exact) mass is 272 g/mol. The molecule has 2 unspecified atom stereocenters. The minimum atomic E-state index is -0.920. The first-order valence-corrected chi connectivity index (χ1v) is 6.84. The Bertz CT molecular complexity index is 419. The number of halogens is 1. The van der Waals surface area contributed by atoms with Crippen LogP contribution in [0.5, 0.6) is 0 Å². The number of nitrogens with zero attached hydrogens (tertiary/aromatic N) is 2. The van der Waals surface area contributed by atoms with E-state index in [9.17, 15) is 5.11 Å². The second kappa shape index (κ2) is 5.19. The number of methoxy groups -OCH3 is 1. The predicted molar refractivity (Wildman–Crippen MR) is 70.8 cm³/mol. The van der Waals surface area contributed by atoms with Gasteiger partial charge in [0.05, 0.1) is 23.0 Å². The summed E-state index contributed by atoms with van der Waals surface area (Å²) in [6.07, 6.45) is 4.94. The second-order valence-corrected chi connectivity index (χ2v) is 5.77. The molecule has 1 heterocycles. The molecule has 1 aliphatic rings. The van der Waals surface area contributed by atoms with E-state index in [1.807, 2.05) is 18.5 Å². The zero-order valence-electron chi connectivity index (χ0n) is 11.2. The predicted octanol–water partition coefficient (Wildman–Crippen LogP) is 2.89. The van der Waals surface area contributed by atoms with Crippen LogP contribution in [0.1, 0.15) is 51.3 Å². The molecule has 1 aromatic heterocycles. The molecule has 4 nitrogen and oxygen atoms in total. The molecule has 0 bridgehead atoms.